The van der Waals surface area contributed by atoms with Gasteiger partial charge in [0.25, 0.3) is 10.2 Å². The maximum Gasteiger partial charge on any atom is 0.417 e. The zero-order valence-electron chi connectivity index (χ0n) is 15.8. The molecule has 0 unspecified atom stereocenters. The highest BCUT2D eigenvalue weighted by atomic mass is 32.2. The van der Waals surface area contributed by atoms with E-state index >= 15 is 0 Å². The minimum absolute atomic E-state index is 0.0117. The Kier molecular flexibility index (Phi) is 4.91. The molecular weight excluding hydrogens is 421 g/mol. The van der Waals surface area contributed by atoms with Crippen LogP contribution in [-0.4, -0.2) is 37.2 Å². The fraction of sp³-hybridized carbons (Fsp3) is 0.350. The number of hydrogen-bond acceptors (Lipinski definition) is 4. The Morgan fingerprint density at radius 1 is 1.03 bits per heavy atom. The monoisotopic (exact) mass is 440 g/mol. The van der Waals surface area contributed by atoms with Crippen LogP contribution in [-0.2, 0) is 16.4 Å². The van der Waals surface area contributed by atoms with E-state index in [0.717, 1.165) is 10.4 Å². The number of carbonyl (C=O) groups is 1. The predicted molar refractivity (Wildman–Crippen MR) is 103 cm³/mol. The number of ether oxygens (including phenoxy) is 1. The molecule has 0 radical (unpaired) electrons. The Bertz CT molecular complexity index is 1110. The van der Waals surface area contributed by atoms with Gasteiger partial charge in [-0.2, -0.15) is 25.9 Å². The average Bonchev–Trinajstić information content (AvgIpc) is 2.67. The van der Waals surface area contributed by atoms with Crippen LogP contribution in [0, 0.1) is 0 Å². The lowest BCUT2D eigenvalue weighted by atomic mass is 9.82. The van der Waals surface area contributed by atoms with Gasteiger partial charge < -0.3 is 4.74 Å². The van der Waals surface area contributed by atoms with Gasteiger partial charge in [-0.3, -0.25) is 4.79 Å². The number of piperidine rings is 1. The lowest BCUT2D eigenvalue weighted by Gasteiger charge is -2.43. The Morgan fingerprint density at radius 2 is 1.70 bits per heavy atom. The minimum Gasteiger partial charge on any atom is -0.486 e. The van der Waals surface area contributed by atoms with Crippen molar-refractivity contribution in [3.63, 3.8) is 0 Å². The van der Waals surface area contributed by atoms with E-state index in [1.807, 2.05) is 0 Å². The molecule has 0 atom stereocenters. The number of fused-ring (bicyclic) bond motifs is 1. The van der Waals surface area contributed by atoms with E-state index < -0.39 is 27.6 Å². The van der Waals surface area contributed by atoms with Crippen LogP contribution in [0.15, 0.2) is 42.5 Å². The summed E-state index contributed by atoms with van der Waals surface area (Å²) in [4.78, 5) is 12.8. The summed E-state index contributed by atoms with van der Waals surface area (Å²) in [6.07, 6.45) is -3.89. The van der Waals surface area contributed by atoms with E-state index in [2.05, 4.69) is 0 Å². The summed E-state index contributed by atoms with van der Waals surface area (Å²) in [5.41, 5.74) is -1.12. The molecule has 0 amide bonds. The second kappa shape index (κ2) is 7.07. The molecule has 2 aliphatic heterocycles. The summed E-state index contributed by atoms with van der Waals surface area (Å²) in [6.45, 7) is 0.275. The zero-order valence-corrected chi connectivity index (χ0v) is 16.6. The van der Waals surface area contributed by atoms with Crippen LogP contribution in [0.3, 0.4) is 0 Å². The Labute approximate surface area is 171 Å². The number of Topliss-reactive ketones (excluding diaryl/α,β-unsaturated/α-hetero) is 1. The highest BCUT2D eigenvalue weighted by molar-refractivity contribution is 7.86. The maximum atomic E-state index is 13.4. The molecule has 0 aliphatic carbocycles. The third-order valence-corrected chi connectivity index (χ3v) is 6.71. The van der Waals surface area contributed by atoms with Gasteiger partial charge in [0.05, 0.1) is 17.5 Å². The van der Waals surface area contributed by atoms with Crippen molar-refractivity contribution in [2.45, 2.75) is 31.0 Å². The molecule has 1 fully saturated rings. The number of nitrogens with two attached hydrogens (primary N) is 1. The average molecular weight is 440 g/mol. The molecule has 1 saturated heterocycles. The van der Waals surface area contributed by atoms with Crippen molar-refractivity contribution in [3.05, 3.63) is 53.6 Å². The van der Waals surface area contributed by atoms with Crippen LogP contribution in [0.1, 0.15) is 35.2 Å². The molecule has 2 aromatic carbocycles. The number of nitrogens with zero attached hydrogens (tertiary/aromatic N) is 1. The Balaban J connectivity index is 1.64. The quantitative estimate of drug-likeness (QED) is 0.775. The van der Waals surface area contributed by atoms with Gasteiger partial charge in [-0.1, -0.05) is 24.3 Å². The third kappa shape index (κ3) is 3.82. The first-order valence-corrected chi connectivity index (χ1v) is 10.8. The summed E-state index contributed by atoms with van der Waals surface area (Å²) in [5, 5.41) is 5.16. The Morgan fingerprint density at radius 3 is 2.33 bits per heavy atom. The van der Waals surface area contributed by atoms with Crippen LogP contribution >= 0.6 is 0 Å². The maximum absolute atomic E-state index is 13.4. The van der Waals surface area contributed by atoms with Crippen LogP contribution in [0.2, 0.25) is 0 Å². The first kappa shape index (κ1) is 20.8. The first-order chi connectivity index (χ1) is 14.0. The SMILES string of the molecule is NS(=O)(=O)N1CCC2(CC1)CC(=O)c1cc(-c3ccccc3C(F)(F)F)ccc1O2. The smallest absolute Gasteiger partial charge is 0.417 e. The van der Waals surface area contributed by atoms with Crippen LogP contribution in [0.4, 0.5) is 13.2 Å². The molecule has 160 valence electrons. The molecule has 10 heteroatoms. The van der Waals surface area contributed by atoms with Crippen molar-refractivity contribution in [1.29, 1.82) is 0 Å². The van der Waals surface area contributed by atoms with Crippen LogP contribution < -0.4 is 9.88 Å². The topological polar surface area (TPSA) is 89.7 Å². The highest BCUT2D eigenvalue weighted by Gasteiger charge is 2.44. The zero-order chi connectivity index (χ0) is 21.7. The van der Waals surface area contributed by atoms with Crippen molar-refractivity contribution in [3.8, 4) is 16.9 Å². The van der Waals surface area contributed by atoms with Gasteiger partial charge in [0, 0.05) is 25.9 Å². The number of benzene rings is 2. The fourth-order valence-corrected chi connectivity index (χ4v) is 4.76. The van der Waals surface area contributed by atoms with E-state index in [0.29, 0.717) is 18.6 Å². The van der Waals surface area contributed by atoms with Gasteiger partial charge >= 0.3 is 6.18 Å². The van der Waals surface area contributed by atoms with E-state index in [1.165, 1.54) is 36.4 Å². The Hall–Kier alpha value is -2.43. The normalized spacial score (nSPS) is 19.4. The van der Waals surface area contributed by atoms with E-state index in [4.69, 9.17) is 9.88 Å². The van der Waals surface area contributed by atoms with Gasteiger partial charge in [-0.15, -0.1) is 0 Å². The largest absolute Gasteiger partial charge is 0.486 e. The standard InChI is InChI=1S/C20H19F3N2O4S/c21-20(22,23)16-4-2-1-3-14(16)13-5-6-18-15(11-13)17(26)12-19(29-18)7-9-25(10-8-19)30(24,27)28/h1-6,11H,7-10,12H2,(H2,24,27,28). The second-order valence-corrected chi connectivity index (χ2v) is 9.13. The number of alkyl halides is 3. The number of rotatable bonds is 2. The molecular formula is C20H19F3N2O4S. The number of halogens is 3. The summed E-state index contributed by atoms with van der Waals surface area (Å²) in [7, 11) is -3.81. The lowest BCUT2D eigenvalue weighted by molar-refractivity contribution is -0.137. The summed E-state index contributed by atoms with van der Waals surface area (Å²) in [6, 6.07) is 9.62. The summed E-state index contributed by atoms with van der Waals surface area (Å²) in [5.74, 6) is 0.0511. The van der Waals surface area contributed by atoms with E-state index in [-0.39, 0.29) is 42.0 Å². The number of carbonyl (C=O) groups excluding carboxylic acids is 1. The molecule has 2 heterocycles. The number of hydrogen-bond donors (Lipinski definition) is 1. The van der Waals surface area contributed by atoms with Gasteiger partial charge in [-0.25, -0.2) is 5.14 Å². The first-order valence-electron chi connectivity index (χ1n) is 9.29. The van der Waals surface area contributed by atoms with Gasteiger partial charge in [0.15, 0.2) is 5.78 Å². The molecule has 0 bridgehead atoms. The van der Waals surface area contributed by atoms with Gasteiger partial charge in [-0.05, 0) is 29.3 Å². The molecule has 1 spiro atoms. The summed E-state index contributed by atoms with van der Waals surface area (Å²) >= 11 is 0. The highest BCUT2D eigenvalue weighted by Crippen LogP contribution is 2.42. The molecule has 2 aromatic rings. The predicted octanol–water partition coefficient (Wildman–Crippen LogP) is 3.38. The van der Waals surface area contributed by atoms with Gasteiger partial charge in [0.1, 0.15) is 11.4 Å². The number of ketones is 1. The molecule has 2 N–H and O–H groups in total. The minimum atomic E-state index is -4.52. The molecule has 6 nitrogen and oxygen atoms in total. The molecule has 4 rings (SSSR count). The molecule has 0 aromatic heterocycles. The molecule has 0 saturated carbocycles. The van der Waals surface area contributed by atoms with Gasteiger partial charge in [0.2, 0.25) is 0 Å². The van der Waals surface area contributed by atoms with Crippen molar-refractivity contribution in [1.82, 2.24) is 4.31 Å². The molecule has 2 aliphatic rings. The lowest BCUT2D eigenvalue weighted by Crippen LogP contribution is -2.53. The van der Waals surface area contributed by atoms with Crippen molar-refractivity contribution >= 4 is 16.0 Å². The van der Waals surface area contributed by atoms with Crippen molar-refractivity contribution in [2.75, 3.05) is 13.1 Å². The van der Waals surface area contributed by atoms with E-state index in [1.54, 1.807) is 0 Å². The van der Waals surface area contributed by atoms with Crippen LogP contribution in [0.25, 0.3) is 11.1 Å². The summed E-state index contributed by atoms with van der Waals surface area (Å²) < 4.78 is 70.3. The van der Waals surface area contributed by atoms with Crippen molar-refractivity contribution < 1.29 is 31.1 Å². The third-order valence-electron chi connectivity index (χ3n) is 5.63. The molecule has 30 heavy (non-hydrogen) atoms. The van der Waals surface area contributed by atoms with Crippen molar-refractivity contribution in [2.24, 2.45) is 5.14 Å². The van der Waals surface area contributed by atoms with E-state index in [9.17, 15) is 26.4 Å². The second-order valence-electron chi connectivity index (χ2n) is 7.58. The fourth-order valence-electron chi connectivity index (χ4n) is 4.07. The van der Waals surface area contributed by atoms with Crippen LogP contribution in [0.5, 0.6) is 5.75 Å².